The topological polar surface area (TPSA) is 49.3 Å². The summed E-state index contributed by atoms with van der Waals surface area (Å²) in [5.41, 5.74) is 0. The van der Waals surface area contributed by atoms with Gasteiger partial charge in [-0.25, -0.2) is 0 Å². The van der Waals surface area contributed by atoms with E-state index in [2.05, 4.69) is 42.8 Å². The fraction of sp³-hybridized carbons (Fsp3) is 0.950. The van der Waals surface area contributed by atoms with Crippen LogP contribution in [0.4, 0.5) is 0 Å². The van der Waals surface area contributed by atoms with Crippen LogP contribution in [0.1, 0.15) is 40.5 Å². The van der Waals surface area contributed by atoms with E-state index in [9.17, 15) is 0 Å². The molecule has 6 heteroatoms. The van der Waals surface area contributed by atoms with E-state index in [0.29, 0.717) is 12.0 Å². The smallest absolute Gasteiger partial charge is 0.193 e. The summed E-state index contributed by atoms with van der Waals surface area (Å²) < 4.78 is 11.3. The van der Waals surface area contributed by atoms with Crippen molar-refractivity contribution in [3.63, 3.8) is 0 Å². The molecule has 0 aliphatic carbocycles. The molecule has 2 heterocycles. The lowest BCUT2D eigenvalue weighted by Gasteiger charge is -2.29. The number of guanidine groups is 1. The highest BCUT2D eigenvalue weighted by molar-refractivity contribution is 5.80. The van der Waals surface area contributed by atoms with Crippen LogP contribution in [0.5, 0.6) is 0 Å². The minimum Gasteiger partial charge on any atom is -0.379 e. The van der Waals surface area contributed by atoms with Crippen LogP contribution in [0.3, 0.4) is 0 Å². The zero-order valence-electron chi connectivity index (χ0n) is 17.4. The third-order valence-corrected chi connectivity index (χ3v) is 5.34. The molecule has 1 N–H and O–H groups in total. The molecule has 152 valence electrons. The van der Waals surface area contributed by atoms with Gasteiger partial charge in [-0.2, -0.15) is 0 Å². The number of aliphatic imine (C=N–C) groups is 1. The summed E-state index contributed by atoms with van der Waals surface area (Å²) in [5.74, 6) is 2.36. The van der Waals surface area contributed by atoms with Crippen molar-refractivity contribution in [3.8, 4) is 0 Å². The van der Waals surface area contributed by atoms with Gasteiger partial charge in [-0.05, 0) is 38.5 Å². The van der Waals surface area contributed by atoms with Gasteiger partial charge in [-0.15, -0.1) is 0 Å². The average molecular weight is 369 g/mol. The van der Waals surface area contributed by atoms with Gasteiger partial charge < -0.3 is 19.7 Å². The molecule has 2 aliphatic heterocycles. The molecule has 0 aromatic rings. The van der Waals surface area contributed by atoms with Crippen molar-refractivity contribution in [2.75, 3.05) is 65.6 Å². The minimum atomic E-state index is 0.305. The van der Waals surface area contributed by atoms with Crippen LogP contribution in [0.2, 0.25) is 0 Å². The highest BCUT2D eigenvalue weighted by atomic mass is 16.5. The maximum atomic E-state index is 5.85. The second kappa shape index (κ2) is 11.8. The first-order valence-electron chi connectivity index (χ1n) is 10.6. The second-order valence-electron chi connectivity index (χ2n) is 7.78. The van der Waals surface area contributed by atoms with Crippen LogP contribution in [0, 0.1) is 11.8 Å². The molecule has 2 atom stereocenters. The number of ether oxygens (including phenoxy) is 2. The van der Waals surface area contributed by atoms with Gasteiger partial charge in [-0.3, -0.25) is 9.89 Å². The van der Waals surface area contributed by atoms with Crippen molar-refractivity contribution in [3.05, 3.63) is 0 Å². The molecule has 6 nitrogen and oxygen atoms in total. The number of nitrogens with zero attached hydrogens (tertiary/aromatic N) is 3. The fourth-order valence-electron chi connectivity index (χ4n) is 3.87. The van der Waals surface area contributed by atoms with Gasteiger partial charge in [0.1, 0.15) is 0 Å². The Morgan fingerprint density at radius 3 is 2.65 bits per heavy atom. The van der Waals surface area contributed by atoms with E-state index in [1.165, 1.54) is 13.0 Å². The molecule has 0 bridgehead atoms. The van der Waals surface area contributed by atoms with Crippen LogP contribution >= 0.6 is 0 Å². The Bertz CT molecular complexity index is 411. The van der Waals surface area contributed by atoms with Crippen molar-refractivity contribution in [2.24, 2.45) is 16.8 Å². The van der Waals surface area contributed by atoms with Gasteiger partial charge >= 0.3 is 0 Å². The van der Waals surface area contributed by atoms with Crippen molar-refractivity contribution >= 4 is 5.96 Å². The average Bonchev–Trinajstić information content (AvgIpc) is 3.09. The molecule has 2 aliphatic rings. The summed E-state index contributed by atoms with van der Waals surface area (Å²) in [5, 5.41) is 3.49. The van der Waals surface area contributed by atoms with E-state index in [4.69, 9.17) is 14.5 Å². The monoisotopic (exact) mass is 368 g/mol. The van der Waals surface area contributed by atoms with Gasteiger partial charge in [0, 0.05) is 52.4 Å². The van der Waals surface area contributed by atoms with E-state index in [-0.39, 0.29) is 0 Å². The van der Waals surface area contributed by atoms with Gasteiger partial charge in [-0.1, -0.05) is 13.8 Å². The fourth-order valence-corrected chi connectivity index (χ4v) is 3.87. The summed E-state index contributed by atoms with van der Waals surface area (Å²) in [4.78, 5) is 9.90. The van der Waals surface area contributed by atoms with Crippen LogP contribution in [-0.2, 0) is 9.47 Å². The SMILES string of the molecule is CCNC(=NCCC(OCC)C(C)C)N1CCC(CN2CCOCC2)C1. The Balaban J connectivity index is 1.82. The van der Waals surface area contributed by atoms with Crippen LogP contribution < -0.4 is 5.32 Å². The van der Waals surface area contributed by atoms with Crippen molar-refractivity contribution in [2.45, 2.75) is 46.6 Å². The maximum absolute atomic E-state index is 5.85. The molecular weight excluding hydrogens is 328 g/mol. The Hall–Kier alpha value is -0.850. The van der Waals surface area contributed by atoms with Gasteiger partial charge in [0.2, 0.25) is 0 Å². The first kappa shape index (κ1) is 21.5. The van der Waals surface area contributed by atoms with Crippen LogP contribution in [-0.4, -0.2) is 87.5 Å². The molecule has 26 heavy (non-hydrogen) atoms. The quantitative estimate of drug-likeness (QED) is 0.499. The third-order valence-electron chi connectivity index (χ3n) is 5.34. The first-order valence-corrected chi connectivity index (χ1v) is 10.6. The first-order chi connectivity index (χ1) is 12.6. The molecule has 0 spiro atoms. The number of nitrogens with one attached hydrogen (secondary N) is 1. The van der Waals surface area contributed by atoms with Crippen LogP contribution in [0.15, 0.2) is 4.99 Å². The van der Waals surface area contributed by atoms with Gasteiger partial charge in [0.05, 0.1) is 19.3 Å². The number of likely N-dealkylation sites (tertiary alicyclic amines) is 1. The zero-order valence-corrected chi connectivity index (χ0v) is 17.4. The lowest BCUT2D eigenvalue weighted by atomic mass is 10.0. The third kappa shape index (κ3) is 7.05. The lowest BCUT2D eigenvalue weighted by molar-refractivity contribution is 0.0266. The predicted octanol–water partition coefficient (Wildman–Crippen LogP) is 2.06. The highest BCUT2D eigenvalue weighted by Crippen LogP contribution is 2.18. The number of morpholine rings is 1. The molecule has 2 rings (SSSR count). The molecule has 0 amide bonds. The van der Waals surface area contributed by atoms with E-state index in [0.717, 1.165) is 77.4 Å². The molecule has 0 aromatic heterocycles. The summed E-state index contributed by atoms with van der Waals surface area (Å²) in [6.45, 7) is 18.6. The Kier molecular flexibility index (Phi) is 9.72. The normalized spacial score (nSPS) is 23.7. The number of hydrogen-bond donors (Lipinski definition) is 1. The van der Waals surface area contributed by atoms with Crippen molar-refractivity contribution in [1.29, 1.82) is 0 Å². The summed E-state index contributed by atoms with van der Waals surface area (Å²) in [6, 6.07) is 0. The molecular formula is C20H40N4O2. The Morgan fingerprint density at radius 1 is 1.23 bits per heavy atom. The Morgan fingerprint density at radius 2 is 2.00 bits per heavy atom. The largest absolute Gasteiger partial charge is 0.379 e. The second-order valence-corrected chi connectivity index (χ2v) is 7.78. The summed E-state index contributed by atoms with van der Waals surface area (Å²) in [6.07, 6.45) is 2.56. The summed E-state index contributed by atoms with van der Waals surface area (Å²) in [7, 11) is 0. The van der Waals surface area contributed by atoms with E-state index < -0.39 is 0 Å². The zero-order chi connectivity index (χ0) is 18.8. The number of rotatable bonds is 9. The van der Waals surface area contributed by atoms with Crippen molar-refractivity contribution in [1.82, 2.24) is 15.1 Å². The highest BCUT2D eigenvalue weighted by Gasteiger charge is 2.27. The summed E-state index contributed by atoms with van der Waals surface area (Å²) >= 11 is 0. The molecule has 2 unspecified atom stereocenters. The predicted molar refractivity (Wildman–Crippen MR) is 108 cm³/mol. The molecule has 2 saturated heterocycles. The van der Waals surface area contributed by atoms with Crippen LogP contribution in [0.25, 0.3) is 0 Å². The minimum absolute atomic E-state index is 0.305. The van der Waals surface area contributed by atoms with Crippen molar-refractivity contribution < 1.29 is 9.47 Å². The lowest BCUT2D eigenvalue weighted by Crippen LogP contribution is -2.42. The van der Waals surface area contributed by atoms with E-state index in [1.807, 2.05) is 0 Å². The standard InChI is InChI=1S/C20H40N4O2/c1-5-21-20(22-9-7-19(17(3)4)26-6-2)24-10-8-18(16-24)15-23-11-13-25-14-12-23/h17-19H,5-16H2,1-4H3,(H,21,22). The van der Waals surface area contributed by atoms with E-state index >= 15 is 0 Å². The molecule has 0 aromatic carbocycles. The van der Waals surface area contributed by atoms with E-state index in [1.54, 1.807) is 0 Å². The molecule has 0 saturated carbocycles. The van der Waals surface area contributed by atoms with Gasteiger partial charge in [0.15, 0.2) is 5.96 Å². The molecule has 2 fully saturated rings. The number of hydrogen-bond acceptors (Lipinski definition) is 4. The van der Waals surface area contributed by atoms with Gasteiger partial charge in [0.25, 0.3) is 0 Å². The molecule has 0 radical (unpaired) electrons. The Labute approximate surface area is 160 Å². The maximum Gasteiger partial charge on any atom is 0.193 e.